The lowest BCUT2D eigenvalue weighted by Gasteiger charge is -2.48. The molecular weight excluding hydrogens is 805 g/mol. The van der Waals surface area contributed by atoms with Crippen molar-refractivity contribution in [2.24, 2.45) is 0 Å². The number of piperidine rings is 2. The molecule has 2 fully saturated rings. The molecule has 0 bridgehead atoms. The van der Waals surface area contributed by atoms with Crippen molar-refractivity contribution in [2.45, 2.75) is 30.0 Å². The fraction of sp³-hybridized carbons (Fsp3) is 0.145. The van der Waals surface area contributed by atoms with E-state index in [1.54, 1.807) is 0 Å². The zero-order valence-electron chi connectivity index (χ0n) is 37.3. The molecule has 4 nitrogen and oxygen atoms in total. The van der Waals surface area contributed by atoms with Crippen molar-refractivity contribution >= 4 is 17.9 Å². The molecule has 1 atom stereocenters. The molecule has 8 aromatic carbocycles. The maximum Gasteiger partial charge on any atom is 0.161 e. The summed E-state index contributed by atoms with van der Waals surface area (Å²) >= 11 is 0. The Labute approximate surface area is 390 Å². The average Bonchev–Trinajstić information content (AvgIpc) is 3.39. The van der Waals surface area contributed by atoms with Crippen LogP contribution in [0.2, 0.25) is 0 Å². The van der Waals surface area contributed by atoms with E-state index in [4.69, 9.17) is 0 Å². The molecule has 0 spiro atoms. The average molecular weight is 861 g/mol. The largest absolute Gasteiger partial charge is 0.389 e. The first kappa shape index (κ1) is 44.0. The maximum atomic E-state index is 13.0. The number of aliphatic hydroxyl groups is 1. The number of ketones is 1. The van der Waals surface area contributed by atoms with Gasteiger partial charge in [0.25, 0.3) is 0 Å². The Hall–Kier alpha value is -7.21. The molecule has 0 aromatic heterocycles. The van der Waals surface area contributed by atoms with Gasteiger partial charge in [-0.15, -0.1) is 0 Å². The molecule has 4 heteroatoms. The van der Waals surface area contributed by atoms with Gasteiger partial charge in [0.1, 0.15) is 0 Å². The van der Waals surface area contributed by atoms with Gasteiger partial charge in [-0.25, -0.2) is 0 Å². The van der Waals surface area contributed by atoms with Gasteiger partial charge in [-0.3, -0.25) is 14.6 Å². The highest BCUT2D eigenvalue weighted by Crippen LogP contribution is 2.46. The van der Waals surface area contributed by atoms with Crippen LogP contribution in [-0.2, 0) is 15.9 Å². The summed E-state index contributed by atoms with van der Waals surface area (Å²) in [5.74, 6) is 0.234. The third-order valence-electron chi connectivity index (χ3n) is 13.2. The Morgan fingerprint density at radius 2 is 0.697 bits per heavy atom. The Balaban J connectivity index is 0.000000166. The lowest BCUT2D eigenvalue weighted by Crippen LogP contribution is -2.52. The normalized spacial score (nSPS) is 17.2. The third kappa shape index (κ3) is 9.18. The first-order chi connectivity index (χ1) is 32.6. The Morgan fingerprint density at radius 1 is 0.394 bits per heavy atom. The smallest absolute Gasteiger partial charge is 0.161 e. The van der Waals surface area contributed by atoms with Crippen molar-refractivity contribution in [3.05, 3.63) is 298 Å². The summed E-state index contributed by atoms with van der Waals surface area (Å²) in [6.45, 7) is 2.77. The van der Waals surface area contributed by atoms with Crippen molar-refractivity contribution in [1.82, 2.24) is 9.80 Å². The second kappa shape index (κ2) is 20.7. The standard InChI is InChI=1S/C31H29NO.C31H27NO/c2*33-30-21-22-32(24-26(30)23-25-13-5-1-6-14-25)31(27-15-7-2-8-16-27,28-17-9-3-10-18-28)29-19-11-4-12-20-29/h1-20,23,30,33H,21-22,24H2;1-20,23H,21-22,24H2/b2*26-23+. The SMILES string of the molecule is O=C1CCN(C(c2ccccc2)(c2ccccc2)c2ccccc2)C/C1=C\c1ccccc1.OC1CCN(C(c2ccccc2)(c2ccccc2)c2ccccc2)C/C1=C\c1ccccc1. The molecule has 0 radical (unpaired) electrons. The van der Waals surface area contributed by atoms with Crippen LogP contribution in [0.4, 0.5) is 0 Å². The van der Waals surface area contributed by atoms with E-state index in [1.807, 2.05) is 36.4 Å². The van der Waals surface area contributed by atoms with Gasteiger partial charge in [-0.2, -0.15) is 0 Å². The number of carbonyl (C=O) groups excluding carboxylic acids is 1. The van der Waals surface area contributed by atoms with Crippen LogP contribution < -0.4 is 0 Å². The van der Waals surface area contributed by atoms with Crippen LogP contribution >= 0.6 is 0 Å². The highest BCUT2D eigenvalue weighted by Gasteiger charge is 2.45. The molecular formula is C62H56N2O2. The lowest BCUT2D eigenvalue weighted by atomic mass is 9.74. The molecule has 2 saturated heterocycles. The van der Waals surface area contributed by atoms with Gasteiger partial charge in [0.2, 0.25) is 0 Å². The molecule has 1 N–H and O–H groups in total. The maximum absolute atomic E-state index is 13.0. The van der Waals surface area contributed by atoms with Crippen LogP contribution in [0.3, 0.4) is 0 Å². The first-order valence-electron chi connectivity index (χ1n) is 23.1. The van der Waals surface area contributed by atoms with E-state index in [0.717, 1.165) is 28.8 Å². The van der Waals surface area contributed by atoms with E-state index < -0.39 is 17.2 Å². The fourth-order valence-electron chi connectivity index (χ4n) is 10.2. The van der Waals surface area contributed by atoms with E-state index in [1.165, 1.54) is 33.4 Å². The predicted molar refractivity (Wildman–Crippen MR) is 271 cm³/mol. The minimum atomic E-state index is -0.500. The van der Waals surface area contributed by atoms with Gasteiger partial charge in [0, 0.05) is 38.2 Å². The van der Waals surface area contributed by atoms with Gasteiger partial charge in [0.05, 0.1) is 17.2 Å². The second-order valence-electron chi connectivity index (χ2n) is 17.1. The van der Waals surface area contributed by atoms with E-state index in [9.17, 15) is 9.90 Å². The molecule has 326 valence electrons. The first-order valence-corrected chi connectivity index (χ1v) is 23.1. The Bertz CT molecular complexity index is 2620. The molecule has 2 heterocycles. The molecule has 0 saturated carbocycles. The van der Waals surface area contributed by atoms with Gasteiger partial charge >= 0.3 is 0 Å². The number of Topliss-reactive ketones (excluding diaryl/α,β-unsaturated/α-hetero) is 1. The second-order valence-corrected chi connectivity index (χ2v) is 17.1. The molecule has 0 aliphatic carbocycles. The summed E-state index contributed by atoms with van der Waals surface area (Å²) in [7, 11) is 0. The summed E-state index contributed by atoms with van der Waals surface area (Å²) in [6, 6.07) is 84.8. The molecule has 66 heavy (non-hydrogen) atoms. The number of hydrogen-bond acceptors (Lipinski definition) is 4. The summed E-state index contributed by atoms with van der Waals surface area (Å²) in [5, 5.41) is 10.9. The van der Waals surface area contributed by atoms with E-state index in [0.29, 0.717) is 32.5 Å². The van der Waals surface area contributed by atoms with Gasteiger partial charge in [0.15, 0.2) is 5.78 Å². The van der Waals surface area contributed by atoms with Crippen molar-refractivity contribution in [3.8, 4) is 0 Å². The van der Waals surface area contributed by atoms with Gasteiger partial charge in [-0.05, 0) is 62.6 Å². The molecule has 2 aliphatic rings. The van der Waals surface area contributed by atoms with Crippen LogP contribution in [0.5, 0.6) is 0 Å². The van der Waals surface area contributed by atoms with E-state index in [2.05, 4.69) is 228 Å². The number of likely N-dealkylation sites (tertiary alicyclic amines) is 2. The highest BCUT2D eigenvalue weighted by molar-refractivity contribution is 6.00. The third-order valence-corrected chi connectivity index (χ3v) is 13.2. The van der Waals surface area contributed by atoms with E-state index in [-0.39, 0.29) is 5.78 Å². The predicted octanol–water partition coefficient (Wildman–Crippen LogP) is 12.5. The van der Waals surface area contributed by atoms with Crippen LogP contribution in [0.15, 0.2) is 254 Å². The van der Waals surface area contributed by atoms with E-state index >= 15 is 0 Å². The number of hydrogen-bond donors (Lipinski definition) is 1. The Morgan fingerprint density at radius 3 is 1.05 bits per heavy atom. The molecule has 8 aromatic rings. The number of rotatable bonds is 10. The molecule has 0 amide bonds. The summed E-state index contributed by atoms with van der Waals surface area (Å²) in [4.78, 5) is 18.0. The summed E-state index contributed by atoms with van der Waals surface area (Å²) in [5.41, 5.74) is 10.5. The number of benzene rings is 8. The van der Waals surface area contributed by atoms with Crippen LogP contribution in [0.25, 0.3) is 12.2 Å². The Kier molecular flexibility index (Phi) is 13.8. The van der Waals surface area contributed by atoms with Crippen molar-refractivity contribution in [2.75, 3.05) is 26.2 Å². The van der Waals surface area contributed by atoms with Gasteiger partial charge < -0.3 is 5.11 Å². The molecule has 10 rings (SSSR count). The molecule has 2 aliphatic heterocycles. The number of aliphatic hydroxyl groups excluding tert-OH is 1. The number of nitrogens with zero attached hydrogens (tertiary/aromatic N) is 2. The highest BCUT2D eigenvalue weighted by atomic mass is 16.3. The zero-order valence-corrected chi connectivity index (χ0v) is 37.3. The zero-order chi connectivity index (χ0) is 45.0. The van der Waals surface area contributed by atoms with Crippen molar-refractivity contribution < 1.29 is 9.90 Å². The van der Waals surface area contributed by atoms with Crippen LogP contribution in [-0.4, -0.2) is 53.0 Å². The van der Waals surface area contributed by atoms with Crippen LogP contribution in [0, 0.1) is 0 Å². The summed E-state index contributed by atoms with van der Waals surface area (Å²) in [6.07, 6.45) is 4.99. The monoisotopic (exact) mass is 860 g/mol. The van der Waals surface area contributed by atoms with Crippen molar-refractivity contribution in [3.63, 3.8) is 0 Å². The molecule has 1 unspecified atom stereocenters. The number of carbonyl (C=O) groups is 1. The van der Waals surface area contributed by atoms with Gasteiger partial charge in [-0.1, -0.05) is 249 Å². The summed E-state index contributed by atoms with van der Waals surface area (Å²) < 4.78 is 0. The minimum absolute atomic E-state index is 0.234. The lowest BCUT2D eigenvalue weighted by molar-refractivity contribution is -0.117. The fourth-order valence-corrected chi connectivity index (χ4v) is 10.2. The topological polar surface area (TPSA) is 43.8 Å². The quantitative estimate of drug-likeness (QED) is 0.110. The van der Waals surface area contributed by atoms with Crippen molar-refractivity contribution in [1.29, 1.82) is 0 Å². The minimum Gasteiger partial charge on any atom is -0.389 e. The van der Waals surface area contributed by atoms with Crippen LogP contribution in [0.1, 0.15) is 57.3 Å².